The van der Waals surface area contributed by atoms with Crippen LogP contribution in [0.2, 0.25) is 0 Å². The van der Waals surface area contributed by atoms with Crippen LogP contribution in [0.3, 0.4) is 0 Å². The van der Waals surface area contributed by atoms with Crippen molar-refractivity contribution < 1.29 is 29.3 Å². The maximum absolute atomic E-state index is 12.8. The molecule has 2 N–H and O–H groups in total. The van der Waals surface area contributed by atoms with Crippen LogP contribution in [0.25, 0.3) is 17.0 Å². The molecule has 1 aromatic heterocycles. The van der Waals surface area contributed by atoms with Gasteiger partial charge in [0.2, 0.25) is 0 Å². The summed E-state index contributed by atoms with van der Waals surface area (Å²) in [5, 5.41) is 22.3. The number of phenolic OH excluding ortho intramolecular Hbond substituents is 1. The number of nitrogens with zero attached hydrogens (tertiary/aromatic N) is 1. The summed E-state index contributed by atoms with van der Waals surface area (Å²) in [6.07, 6.45) is 4.07. The van der Waals surface area contributed by atoms with Gasteiger partial charge in [0.25, 0.3) is 0 Å². The molecule has 2 aromatic rings. The summed E-state index contributed by atoms with van der Waals surface area (Å²) in [5.74, 6) is -0.612. The average Bonchev–Trinajstić information content (AvgIpc) is 3.25. The van der Waals surface area contributed by atoms with Crippen LogP contribution in [0.4, 0.5) is 0 Å². The monoisotopic (exact) mass is 411 g/mol. The van der Waals surface area contributed by atoms with Crippen molar-refractivity contribution in [2.75, 3.05) is 7.11 Å². The Balaban J connectivity index is 1.82. The second kappa shape index (κ2) is 6.68. The van der Waals surface area contributed by atoms with Gasteiger partial charge in [-0.3, -0.25) is 9.59 Å². The molecule has 3 heterocycles. The molecule has 0 saturated heterocycles. The number of ketones is 1. The predicted octanol–water partition coefficient (Wildman–Crippen LogP) is 2.99. The normalized spacial score (nSPS) is 25.3. The van der Waals surface area contributed by atoms with E-state index in [1.54, 1.807) is 6.92 Å². The first kappa shape index (κ1) is 19.3. The number of aliphatic hydroxyl groups is 1. The van der Waals surface area contributed by atoms with Gasteiger partial charge in [-0.25, -0.2) is 0 Å². The molecule has 1 aromatic carbocycles. The van der Waals surface area contributed by atoms with Gasteiger partial charge in [-0.15, -0.1) is 0 Å². The molecule has 2 aliphatic heterocycles. The third-order valence-electron chi connectivity index (χ3n) is 6.77. The summed E-state index contributed by atoms with van der Waals surface area (Å²) < 4.78 is 13.0. The van der Waals surface area contributed by atoms with Crippen molar-refractivity contribution in [1.29, 1.82) is 0 Å². The highest BCUT2D eigenvalue weighted by Gasteiger charge is 2.40. The van der Waals surface area contributed by atoms with E-state index in [0.29, 0.717) is 17.5 Å². The zero-order chi connectivity index (χ0) is 21.3. The van der Waals surface area contributed by atoms with Crippen LogP contribution in [-0.2, 0) is 27.1 Å². The van der Waals surface area contributed by atoms with E-state index in [9.17, 15) is 19.8 Å². The van der Waals surface area contributed by atoms with Crippen LogP contribution in [-0.4, -0.2) is 45.9 Å². The Morgan fingerprint density at radius 2 is 2.17 bits per heavy atom. The van der Waals surface area contributed by atoms with Crippen molar-refractivity contribution in [3.05, 3.63) is 34.0 Å². The first-order chi connectivity index (χ1) is 14.3. The van der Waals surface area contributed by atoms with Gasteiger partial charge in [-0.1, -0.05) is 0 Å². The number of hydrogen-bond acceptors (Lipinski definition) is 6. The number of allylic oxidation sites excluding steroid dienone is 1. The third-order valence-corrected chi connectivity index (χ3v) is 6.77. The van der Waals surface area contributed by atoms with Crippen LogP contribution in [0.15, 0.2) is 6.08 Å². The summed E-state index contributed by atoms with van der Waals surface area (Å²) >= 11 is 0. The number of phenols is 1. The van der Waals surface area contributed by atoms with Gasteiger partial charge in [0, 0.05) is 28.6 Å². The molecule has 0 fully saturated rings. The molecule has 7 heteroatoms. The van der Waals surface area contributed by atoms with Gasteiger partial charge >= 0.3 is 5.97 Å². The fourth-order valence-corrected chi connectivity index (χ4v) is 5.55. The minimum Gasteiger partial charge on any atom is -0.507 e. The molecule has 7 nitrogen and oxygen atoms in total. The lowest BCUT2D eigenvalue weighted by molar-refractivity contribution is -0.145. The van der Waals surface area contributed by atoms with Crippen molar-refractivity contribution in [1.82, 2.24) is 4.57 Å². The molecule has 0 amide bonds. The lowest BCUT2D eigenvalue weighted by Gasteiger charge is -2.33. The number of aromatic nitrogens is 1. The number of aromatic hydroxyl groups is 1. The Hall–Kier alpha value is -2.64. The van der Waals surface area contributed by atoms with Crippen LogP contribution < -0.4 is 0 Å². The zero-order valence-corrected chi connectivity index (χ0v) is 17.3. The lowest BCUT2D eigenvalue weighted by atomic mass is 9.84. The molecule has 0 unspecified atom stereocenters. The van der Waals surface area contributed by atoms with E-state index in [1.165, 1.54) is 13.2 Å². The van der Waals surface area contributed by atoms with Crippen molar-refractivity contribution in [3.63, 3.8) is 0 Å². The number of fused-ring (bicyclic) bond motifs is 5. The number of rotatable bonds is 3. The number of methoxy groups -OCH3 is 1. The summed E-state index contributed by atoms with van der Waals surface area (Å²) in [6, 6.07) is -0.100. The number of carbonyl (C=O) groups is 2. The summed E-state index contributed by atoms with van der Waals surface area (Å²) in [6.45, 7) is 3.61. The number of benzene rings is 1. The van der Waals surface area contributed by atoms with Gasteiger partial charge < -0.3 is 24.3 Å². The molecular formula is C23H25NO6. The zero-order valence-electron chi connectivity index (χ0n) is 17.3. The average molecular weight is 411 g/mol. The van der Waals surface area contributed by atoms with Gasteiger partial charge in [0.1, 0.15) is 5.75 Å². The van der Waals surface area contributed by atoms with E-state index < -0.39 is 12.2 Å². The molecule has 4 atom stereocenters. The van der Waals surface area contributed by atoms with Crippen molar-refractivity contribution >= 4 is 28.7 Å². The minimum atomic E-state index is -0.550. The van der Waals surface area contributed by atoms with E-state index in [4.69, 9.17) is 9.47 Å². The van der Waals surface area contributed by atoms with Gasteiger partial charge in [0.05, 0.1) is 49.0 Å². The Bertz CT molecular complexity index is 1130. The highest BCUT2D eigenvalue weighted by molar-refractivity contribution is 6.22. The summed E-state index contributed by atoms with van der Waals surface area (Å²) in [7, 11) is 1.35. The van der Waals surface area contributed by atoms with E-state index in [1.807, 2.05) is 13.0 Å². The highest BCUT2D eigenvalue weighted by atomic mass is 16.5. The molecule has 0 saturated carbocycles. The van der Waals surface area contributed by atoms with E-state index in [0.717, 1.165) is 40.6 Å². The number of ether oxygens (including phenoxy) is 2. The largest absolute Gasteiger partial charge is 0.507 e. The van der Waals surface area contributed by atoms with Crippen molar-refractivity contribution in [2.24, 2.45) is 0 Å². The maximum Gasteiger partial charge on any atom is 0.308 e. The minimum absolute atomic E-state index is 0.0324. The topological polar surface area (TPSA) is 98.0 Å². The number of esters is 1. The molecule has 30 heavy (non-hydrogen) atoms. The SMILES string of the molecule is COC(=O)C[C@H]1Cc2c(c(O)c3c4c(c5n(c24)[C@H]([C@@H](C)O)CC5)C=CC3=O)[C@H](C)O1. The quantitative estimate of drug-likeness (QED) is 0.754. The fraction of sp³-hybridized carbons (Fsp3) is 0.478. The van der Waals surface area contributed by atoms with E-state index in [2.05, 4.69) is 4.57 Å². The van der Waals surface area contributed by atoms with Crippen LogP contribution in [0.5, 0.6) is 5.75 Å². The molecule has 5 rings (SSSR count). The van der Waals surface area contributed by atoms with Gasteiger partial charge in [-0.05, 0) is 44.4 Å². The molecule has 3 aliphatic rings. The van der Waals surface area contributed by atoms with E-state index >= 15 is 0 Å². The first-order valence-corrected chi connectivity index (χ1v) is 10.4. The van der Waals surface area contributed by atoms with Crippen LogP contribution in [0.1, 0.15) is 71.6 Å². The Morgan fingerprint density at radius 1 is 1.40 bits per heavy atom. The number of hydrogen-bond donors (Lipinski definition) is 2. The molecule has 1 aliphatic carbocycles. The molecule has 0 bridgehead atoms. The fourth-order valence-electron chi connectivity index (χ4n) is 5.55. The van der Waals surface area contributed by atoms with Gasteiger partial charge in [0.15, 0.2) is 5.78 Å². The van der Waals surface area contributed by atoms with Crippen molar-refractivity contribution in [2.45, 2.75) is 63.9 Å². The molecule has 0 spiro atoms. The number of aliphatic hydroxyl groups excluding tert-OH is 1. The summed E-state index contributed by atoms with van der Waals surface area (Å²) in [5.41, 5.74) is 4.72. The Labute approximate surface area is 173 Å². The molecular weight excluding hydrogens is 386 g/mol. The second-order valence-corrected chi connectivity index (χ2v) is 8.50. The third kappa shape index (κ3) is 2.51. The maximum atomic E-state index is 12.8. The van der Waals surface area contributed by atoms with Crippen LogP contribution in [0, 0.1) is 0 Å². The highest BCUT2D eigenvalue weighted by Crippen LogP contribution is 2.50. The Morgan fingerprint density at radius 3 is 2.87 bits per heavy atom. The van der Waals surface area contributed by atoms with Crippen LogP contribution >= 0.6 is 0 Å². The molecule has 158 valence electrons. The standard InChI is InChI=1S/C23H25NO6/c1-10(25)15-5-6-16-13-4-7-17(26)21-20(13)22(24(15)16)14-8-12(9-18(27)29-3)30-11(2)19(14)23(21)28/h4,7,10-12,15,25,28H,5-6,8-9H2,1-3H3/t10-,11+,12-,15+/m1/s1. The Kier molecular flexibility index (Phi) is 4.31. The lowest BCUT2D eigenvalue weighted by Crippen LogP contribution is -2.29. The smallest absolute Gasteiger partial charge is 0.308 e. The predicted molar refractivity (Wildman–Crippen MR) is 110 cm³/mol. The second-order valence-electron chi connectivity index (χ2n) is 8.50. The summed E-state index contributed by atoms with van der Waals surface area (Å²) in [4.78, 5) is 24.6. The first-order valence-electron chi connectivity index (χ1n) is 10.4. The van der Waals surface area contributed by atoms with E-state index in [-0.39, 0.29) is 36.1 Å². The van der Waals surface area contributed by atoms with Crippen molar-refractivity contribution in [3.8, 4) is 5.75 Å². The number of carbonyl (C=O) groups excluding carboxylic acids is 2. The molecule has 0 radical (unpaired) electrons. The van der Waals surface area contributed by atoms with Gasteiger partial charge in [-0.2, -0.15) is 0 Å².